The molecule has 0 atom stereocenters. The van der Waals surface area contributed by atoms with Gasteiger partial charge in [-0.2, -0.15) is 0 Å². The Morgan fingerprint density at radius 1 is 1.00 bits per heavy atom. The van der Waals surface area contributed by atoms with Crippen LogP contribution >= 0.6 is 0 Å². The molecule has 0 aliphatic rings. The van der Waals surface area contributed by atoms with E-state index in [1.165, 1.54) is 0 Å². The van der Waals surface area contributed by atoms with E-state index < -0.39 is 5.60 Å². The molecular weight excluding hydrogens is 224 g/mol. The average Bonchev–Trinajstić information content (AvgIpc) is 2.28. The molecule has 0 aliphatic carbocycles. The normalized spacial score (nSPS) is 12.2. The zero-order valence-electron chi connectivity index (χ0n) is 12.0. The summed E-state index contributed by atoms with van der Waals surface area (Å²) >= 11 is 0. The van der Waals surface area contributed by atoms with Crippen LogP contribution < -0.4 is 4.74 Å². The molecule has 0 unspecified atom stereocenters. The Morgan fingerprint density at radius 2 is 1.50 bits per heavy atom. The summed E-state index contributed by atoms with van der Waals surface area (Å²) in [6.45, 7) is 8.37. The number of para-hydroxylation sites is 1. The minimum absolute atomic E-state index is 0.182. The van der Waals surface area contributed by atoms with Gasteiger partial charge in [0, 0.05) is 0 Å². The molecule has 18 heavy (non-hydrogen) atoms. The maximum absolute atomic E-state index is 11.7. The van der Waals surface area contributed by atoms with Gasteiger partial charge in [0.15, 0.2) is 0 Å². The molecule has 0 aromatic heterocycles. The molecule has 1 radical (unpaired) electrons. The molecule has 2 nitrogen and oxygen atoms in total. The van der Waals surface area contributed by atoms with Gasteiger partial charge in [0.25, 0.3) is 0 Å². The number of ether oxygens (including phenoxy) is 1. The molecular formula is C16H25O2. The second kappa shape index (κ2) is 6.79. The SMILES string of the molecule is CC(C)CC(C[O])(CC(C)C)Oc1ccccc1. The zero-order chi connectivity index (χ0) is 13.6. The summed E-state index contributed by atoms with van der Waals surface area (Å²) in [7, 11) is 0. The van der Waals surface area contributed by atoms with Crippen LogP contribution in [0.1, 0.15) is 40.5 Å². The Morgan fingerprint density at radius 3 is 1.89 bits per heavy atom. The molecule has 0 saturated carbocycles. The number of hydrogen-bond donors (Lipinski definition) is 0. The molecule has 1 rings (SSSR count). The van der Waals surface area contributed by atoms with Crippen molar-refractivity contribution in [1.82, 2.24) is 0 Å². The first-order chi connectivity index (χ1) is 8.47. The molecule has 0 bridgehead atoms. The first kappa shape index (κ1) is 15.0. The van der Waals surface area contributed by atoms with Gasteiger partial charge >= 0.3 is 0 Å². The largest absolute Gasteiger partial charge is 0.485 e. The first-order valence-corrected chi connectivity index (χ1v) is 6.79. The van der Waals surface area contributed by atoms with E-state index in [1.54, 1.807) is 0 Å². The molecule has 0 spiro atoms. The van der Waals surface area contributed by atoms with E-state index in [9.17, 15) is 5.11 Å². The Bertz CT molecular complexity index is 320. The minimum Gasteiger partial charge on any atom is -0.485 e. The second-order valence-electron chi connectivity index (χ2n) is 5.94. The highest BCUT2D eigenvalue weighted by atomic mass is 16.5. The Kier molecular flexibility index (Phi) is 5.67. The Labute approximate surface area is 111 Å². The van der Waals surface area contributed by atoms with Crippen molar-refractivity contribution in [3.8, 4) is 5.75 Å². The first-order valence-electron chi connectivity index (χ1n) is 6.79. The van der Waals surface area contributed by atoms with E-state index in [4.69, 9.17) is 4.74 Å². The van der Waals surface area contributed by atoms with Crippen LogP contribution in [-0.2, 0) is 5.11 Å². The quantitative estimate of drug-likeness (QED) is 0.707. The molecule has 0 fully saturated rings. The van der Waals surface area contributed by atoms with Crippen molar-refractivity contribution in [2.45, 2.75) is 46.1 Å². The van der Waals surface area contributed by atoms with E-state index >= 15 is 0 Å². The summed E-state index contributed by atoms with van der Waals surface area (Å²) in [6.07, 6.45) is 1.62. The summed E-state index contributed by atoms with van der Waals surface area (Å²) in [6, 6.07) is 9.68. The highest BCUT2D eigenvalue weighted by Gasteiger charge is 2.34. The lowest BCUT2D eigenvalue weighted by molar-refractivity contribution is -0.0461. The Balaban J connectivity index is 2.87. The minimum atomic E-state index is -0.566. The van der Waals surface area contributed by atoms with Gasteiger partial charge in [-0.05, 0) is 36.8 Å². The topological polar surface area (TPSA) is 29.1 Å². The summed E-state index contributed by atoms with van der Waals surface area (Å²) in [4.78, 5) is 0. The molecule has 0 aliphatic heterocycles. The van der Waals surface area contributed by atoms with Crippen LogP contribution in [0.3, 0.4) is 0 Å². The van der Waals surface area contributed by atoms with Crippen LogP contribution in [0.2, 0.25) is 0 Å². The smallest absolute Gasteiger partial charge is 0.136 e. The third-order valence-electron chi connectivity index (χ3n) is 2.90. The van der Waals surface area contributed by atoms with Gasteiger partial charge in [0.2, 0.25) is 0 Å². The number of rotatable bonds is 7. The molecule has 0 saturated heterocycles. The van der Waals surface area contributed by atoms with Crippen LogP contribution in [-0.4, -0.2) is 12.2 Å². The highest BCUT2D eigenvalue weighted by Crippen LogP contribution is 2.30. The van der Waals surface area contributed by atoms with Crippen molar-refractivity contribution in [2.75, 3.05) is 6.61 Å². The molecule has 101 valence electrons. The van der Waals surface area contributed by atoms with E-state index in [2.05, 4.69) is 27.7 Å². The van der Waals surface area contributed by atoms with E-state index in [1.807, 2.05) is 30.3 Å². The standard InChI is InChI=1S/C16H25O2/c1-13(2)10-16(12-17,11-14(3)4)18-15-8-6-5-7-9-15/h5-9,13-14H,10-12H2,1-4H3. The maximum atomic E-state index is 11.7. The van der Waals surface area contributed by atoms with Gasteiger partial charge in [-0.1, -0.05) is 45.9 Å². The van der Waals surface area contributed by atoms with Crippen LogP contribution in [0.5, 0.6) is 5.75 Å². The van der Waals surface area contributed by atoms with E-state index in [0.29, 0.717) is 11.8 Å². The second-order valence-corrected chi connectivity index (χ2v) is 5.94. The van der Waals surface area contributed by atoms with Crippen LogP contribution in [0.25, 0.3) is 0 Å². The van der Waals surface area contributed by atoms with Gasteiger partial charge in [-0.15, -0.1) is 0 Å². The highest BCUT2D eigenvalue weighted by molar-refractivity contribution is 5.22. The van der Waals surface area contributed by atoms with Crippen molar-refractivity contribution in [3.05, 3.63) is 30.3 Å². The lowest BCUT2D eigenvalue weighted by atomic mass is 9.85. The van der Waals surface area contributed by atoms with Gasteiger partial charge < -0.3 is 4.74 Å². The fraction of sp³-hybridized carbons (Fsp3) is 0.625. The van der Waals surface area contributed by atoms with Gasteiger partial charge in [-0.25, -0.2) is 5.11 Å². The maximum Gasteiger partial charge on any atom is 0.136 e. The molecule has 1 aromatic carbocycles. The van der Waals surface area contributed by atoms with Crippen molar-refractivity contribution < 1.29 is 9.84 Å². The Hall–Kier alpha value is -1.02. The van der Waals surface area contributed by atoms with Crippen molar-refractivity contribution in [1.29, 1.82) is 0 Å². The summed E-state index contributed by atoms with van der Waals surface area (Å²) in [5.74, 6) is 1.72. The number of benzene rings is 1. The summed E-state index contributed by atoms with van der Waals surface area (Å²) in [5, 5.41) is 11.7. The van der Waals surface area contributed by atoms with Gasteiger partial charge in [-0.3, -0.25) is 0 Å². The lowest BCUT2D eigenvalue weighted by Crippen LogP contribution is -2.42. The average molecular weight is 249 g/mol. The van der Waals surface area contributed by atoms with E-state index in [-0.39, 0.29) is 6.61 Å². The predicted octanol–water partition coefficient (Wildman–Crippen LogP) is 4.33. The van der Waals surface area contributed by atoms with Gasteiger partial charge in [0.05, 0.1) is 0 Å². The summed E-state index contributed by atoms with van der Waals surface area (Å²) < 4.78 is 6.06. The van der Waals surface area contributed by atoms with Crippen LogP contribution in [0.15, 0.2) is 30.3 Å². The fourth-order valence-corrected chi connectivity index (χ4v) is 2.54. The third-order valence-corrected chi connectivity index (χ3v) is 2.90. The molecule has 2 heteroatoms. The van der Waals surface area contributed by atoms with Crippen molar-refractivity contribution >= 4 is 0 Å². The monoisotopic (exact) mass is 249 g/mol. The molecule has 1 aromatic rings. The predicted molar refractivity (Wildman–Crippen MR) is 74.3 cm³/mol. The molecule has 0 N–H and O–H groups in total. The van der Waals surface area contributed by atoms with Crippen molar-refractivity contribution in [2.24, 2.45) is 11.8 Å². The van der Waals surface area contributed by atoms with E-state index in [0.717, 1.165) is 18.6 Å². The van der Waals surface area contributed by atoms with Crippen LogP contribution in [0.4, 0.5) is 0 Å². The van der Waals surface area contributed by atoms with Crippen molar-refractivity contribution in [3.63, 3.8) is 0 Å². The molecule has 0 heterocycles. The fourth-order valence-electron chi connectivity index (χ4n) is 2.54. The van der Waals surface area contributed by atoms with Crippen LogP contribution in [0, 0.1) is 11.8 Å². The summed E-state index contributed by atoms with van der Waals surface area (Å²) in [5.41, 5.74) is -0.566. The third kappa shape index (κ3) is 4.69. The molecule has 0 amide bonds. The zero-order valence-corrected chi connectivity index (χ0v) is 12.0. The number of hydrogen-bond acceptors (Lipinski definition) is 1. The lowest BCUT2D eigenvalue weighted by Gasteiger charge is -2.35. The van der Waals surface area contributed by atoms with Gasteiger partial charge in [0.1, 0.15) is 18.0 Å².